The van der Waals surface area contributed by atoms with Crippen molar-refractivity contribution in [1.82, 2.24) is 19.3 Å². The van der Waals surface area contributed by atoms with E-state index in [2.05, 4.69) is 15.6 Å². The molecule has 0 unspecified atom stereocenters. The molecular weight excluding hydrogens is 426 g/mol. The van der Waals surface area contributed by atoms with Crippen LogP contribution in [0.4, 0.5) is 5.69 Å². The van der Waals surface area contributed by atoms with Crippen molar-refractivity contribution >= 4 is 44.3 Å². The second-order valence-electron chi connectivity index (χ2n) is 7.24. The van der Waals surface area contributed by atoms with Crippen molar-refractivity contribution in [3.63, 3.8) is 0 Å². The van der Waals surface area contributed by atoms with Crippen molar-refractivity contribution in [2.24, 2.45) is 0 Å². The predicted molar refractivity (Wildman–Crippen MR) is 115 cm³/mol. The monoisotopic (exact) mass is 447 g/mol. The van der Waals surface area contributed by atoms with Gasteiger partial charge in [0.25, 0.3) is 0 Å². The highest BCUT2D eigenvalue weighted by atomic mass is 35.5. The van der Waals surface area contributed by atoms with Crippen LogP contribution in [-0.2, 0) is 21.4 Å². The van der Waals surface area contributed by atoms with Crippen LogP contribution in [0, 0.1) is 0 Å². The van der Waals surface area contributed by atoms with Gasteiger partial charge in [-0.15, -0.1) is 5.10 Å². The van der Waals surface area contributed by atoms with E-state index in [9.17, 15) is 13.2 Å². The predicted octanol–water partition coefficient (Wildman–Crippen LogP) is 3.29. The van der Waals surface area contributed by atoms with Crippen LogP contribution in [0.5, 0.6) is 0 Å². The summed E-state index contributed by atoms with van der Waals surface area (Å²) in [6, 6.07) is 11.7. The van der Waals surface area contributed by atoms with Gasteiger partial charge >= 0.3 is 0 Å². The summed E-state index contributed by atoms with van der Waals surface area (Å²) in [5.74, 6) is -0.378. The summed E-state index contributed by atoms with van der Waals surface area (Å²) in [4.78, 5) is 12.7. The number of nitrogens with zero attached hydrogens (tertiary/aromatic N) is 4. The lowest BCUT2D eigenvalue weighted by Crippen LogP contribution is -2.32. The minimum absolute atomic E-state index is 0.0695. The molecule has 0 spiro atoms. The maximum Gasteiger partial charge on any atom is 0.246 e. The van der Waals surface area contributed by atoms with Gasteiger partial charge in [-0.25, -0.2) is 13.1 Å². The highest BCUT2D eigenvalue weighted by molar-refractivity contribution is 7.89. The summed E-state index contributed by atoms with van der Waals surface area (Å²) in [5.41, 5.74) is 1.67. The minimum atomic E-state index is -3.64. The number of amides is 1. The molecule has 0 saturated carbocycles. The van der Waals surface area contributed by atoms with Gasteiger partial charge in [0.1, 0.15) is 12.1 Å². The molecule has 1 fully saturated rings. The first-order chi connectivity index (χ1) is 14.4. The van der Waals surface area contributed by atoms with E-state index in [1.54, 1.807) is 0 Å². The molecule has 1 aliphatic rings. The van der Waals surface area contributed by atoms with Crippen LogP contribution in [0.3, 0.4) is 0 Å². The van der Waals surface area contributed by atoms with Gasteiger partial charge in [0.2, 0.25) is 15.9 Å². The van der Waals surface area contributed by atoms with Crippen LogP contribution in [0.25, 0.3) is 11.0 Å². The number of aromatic nitrogens is 3. The number of carbonyl (C=O) groups excluding carboxylic acids is 1. The van der Waals surface area contributed by atoms with E-state index in [-0.39, 0.29) is 28.1 Å². The zero-order valence-corrected chi connectivity index (χ0v) is 17.9. The third-order valence-corrected chi connectivity index (χ3v) is 7.35. The van der Waals surface area contributed by atoms with Gasteiger partial charge in [-0.3, -0.25) is 4.79 Å². The van der Waals surface area contributed by atoms with Crippen LogP contribution >= 0.6 is 11.6 Å². The van der Waals surface area contributed by atoms with Gasteiger partial charge in [-0.1, -0.05) is 41.8 Å². The molecule has 4 rings (SSSR count). The maximum absolute atomic E-state index is 13.0. The molecule has 2 heterocycles. The molecule has 2 aromatic carbocycles. The molecule has 0 bridgehead atoms. The summed E-state index contributed by atoms with van der Waals surface area (Å²) in [6.07, 6.45) is 3.76. The van der Waals surface area contributed by atoms with Gasteiger partial charge in [0.05, 0.1) is 21.1 Å². The zero-order valence-electron chi connectivity index (χ0n) is 16.3. The lowest BCUT2D eigenvalue weighted by Gasteiger charge is -2.20. The Morgan fingerprint density at radius 1 is 1.07 bits per heavy atom. The molecule has 0 aliphatic carbocycles. The largest absolute Gasteiger partial charge is 0.323 e. The van der Waals surface area contributed by atoms with Crippen LogP contribution in [0.15, 0.2) is 47.4 Å². The number of rotatable bonds is 5. The molecule has 30 heavy (non-hydrogen) atoms. The van der Waals surface area contributed by atoms with Gasteiger partial charge in [-0.2, -0.15) is 4.31 Å². The number of halogens is 1. The number of hydrogen-bond donors (Lipinski definition) is 1. The topological polar surface area (TPSA) is 97.2 Å². The van der Waals surface area contributed by atoms with Crippen molar-refractivity contribution in [3.8, 4) is 0 Å². The van der Waals surface area contributed by atoms with E-state index in [0.29, 0.717) is 18.6 Å². The maximum atomic E-state index is 13.0. The van der Waals surface area contributed by atoms with Gasteiger partial charge in [0, 0.05) is 13.1 Å². The summed E-state index contributed by atoms with van der Waals surface area (Å²) >= 11 is 6.22. The van der Waals surface area contributed by atoms with E-state index < -0.39 is 10.0 Å². The Hall–Kier alpha value is -2.49. The molecule has 0 atom stereocenters. The third kappa shape index (κ3) is 4.33. The molecule has 1 aliphatic heterocycles. The Labute approximate surface area is 179 Å². The number of para-hydroxylation sites is 1. The molecule has 3 aromatic rings. The fourth-order valence-electron chi connectivity index (χ4n) is 3.55. The van der Waals surface area contributed by atoms with E-state index in [0.717, 1.165) is 31.2 Å². The summed E-state index contributed by atoms with van der Waals surface area (Å²) in [5, 5.41) is 11.0. The Morgan fingerprint density at radius 3 is 2.57 bits per heavy atom. The van der Waals surface area contributed by atoms with Gasteiger partial charge < -0.3 is 5.32 Å². The van der Waals surface area contributed by atoms with Crippen molar-refractivity contribution in [1.29, 1.82) is 0 Å². The molecule has 0 radical (unpaired) electrons. The average molecular weight is 448 g/mol. The standard InChI is InChI=1S/C20H22ClN5O3S/c21-16-10-9-15(30(28,29)25-11-5-1-2-6-12-25)13-18(16)22-20(27)14-26-19-8-4-3-7-17(19)23-24-26/h3-4,7-10,13H,1-2,5-6,11-12,14H2,(H,22,27). The number of fused-ring (bicyclic) bond motifs is 1. The number of benzene rings is 2. The van der Waals surface area contributed by atoms with Crippen LogP contribution in [0.1, 0.15) is 25.7 Å². The van der Waals surface area contributed by atoms with Crippen molar-refractivity contribution < 1.29 is 13.2 Å². The highest BCUT2D eigenvalue weighted by Gasteiger charge is 2.26. The highest BCUT2D eigenvalue weighted by Crippen LogP contribution is 2.28. The van der Waals surface area contributed by atoms with Crippen LogP contribution in [-0.4, -0.2) is 46.7 Å². The molecule has 158 valence electrons. The summed E-state index contributed by atoms with van der Waals surface area (Å²) in [7, 11) is -3.64. The fourth-order valence-corrected chi connectivity index (χ4v) is 5.26. The first-order valence-corrected chi connectivity index (χ1v) is 11.6. The number of anilines is 1. The van der Waals surface area contributed by atoms with E-state index in [1.165, 1.54) is 27.2 Å². The SMILES string of the molecule is O=C(Cn1nnc2ccccc21)Nc1cc(S(=O)(=O)N2CCCCCC2)ccc1Cl. The molecule has 1 N–H and O–H groups in total. The van der Waals surface area contributed by atoms with Crippen molar-refractivity contribution in [2.45, 2.75) is 37.1 Å². The van der Waals surface area contributed by atoms with E-state index in [1.807, 2.05) is 24.3 Å². The Morgan fingerprint density at radius 2 is 1.80 bits per heavy atom. The van der Waals surface area contributed by atoms with E-state index >= 15 is 0 Å². The molecule has 1 aromatic heterocycles. The molecule has 1 amide bonds. The Balaban J connectivity index is 1.53. The summed E-state index contributed by atoms with van der Waals surface area (Å²) in [6.45, 7) is 0.942. The van der Waals surface area contributed by atoms with E-state index in [4.69, 9.17) is 11.6 Å². The Kier molecular flexibility index (Phi) is 6.03. The van der Waals surface area contributed by atoms with Gasteiger partial charge in [0.15, 0.2) is 0 Å². The van der Waals surface area contributed by atoms with Gasteiger partial charge in [-0.05, 0) is 43.2 Å². The quantitative estimate of drug-likeness (QED) is 0.647. The second-order valence-corrected chi connectivity index (χ2v) is 9.59. The minimum Gasteiger partial charge on any atom is -0.323 e. The smallest absolute Gasteiger partial charge is 0.246 e. The second kappa shape index (κ2) is 8.71. The molecule has 10 heteroatoms. The molecule has 8 nitrogen and oxygen atoms in total. The zero-order chi connectivity index (χ0) is 21.1. The third-order valence-electron chi connectivity index (χ3n) is 5.13. The average Bonchev–Trinajstić information content (AvgIpc) is 2.94. The first-order valence-electron chi connectivity index (χ1n) is 9.83. The molecule has 1 saturated heterocycles. The number of carbonyl (C=O) groups is 1. The summed E-state index contributed by atoms with van der Waals surface area (Å²) < 4.78 is 29.1. The first kappa shape index (κ1) is 20.8. The molecular formula is C20H22ClN5O3S. The van der Waals surface area contributed by atoms with Crippen molar-refractivity contribution in [3.05, 3.63) is 47.5 Å². The fraction of sp³-hybridized carbons (Fsp3) is 0.350. The normalized spacial score (nSPS) is 15.8. The lowest BCUT2D eigenvalue weighted by atomic mass is 10.2. The van der Waals surface area contributed by atoms with Crippen molar-refractivity contribution in [2.75, 3.05) is 18.4 Å². The van der Waals surface area contributed by atoms with Crippen LogP contribution in [0.2, 0.25) is 5.02 Å². The number of nitrogens with one attached hydrogen (secondary N) is 1. The lowest BCUT2D eigenvalue weighted by molar-refractivity contribution is -0.116. The Bertz CT molecular complexity index is 1170. The number of sulfonamides is 1. The van der Waals surface area contributed by atoms with Crippen LogP contribution < -0.4 is 5.32 Å². The number of hydrogen-bond acceptors (Lipinski definition) is 5.